The standard InChI is InChI=1S/C18H30O6/c1-9-7-11(24-10(2)19)13-16(3,4)15(20)17(5)8-23-14(22-6)12(9)18(13,17)21/h9,11-15,20-21H,7-8H2,1-6H3/t9-,11+,12-,13+,14+,15-,17+,18-/m1/s1. The quantitative estimate of drug-likeness (QED) is 0.737. The monoisotopic (exact) mass is 342 g/mol. The van der Waals surface area contributed by atoms with E-state index in [0.29, 0.717) is 6.42 Å². The van der Waals surface area contributed by atoms with Crippen molar-refractivity contribution in [3.05, 3.63) is 0 Å². The fourth-order valence-electron chi connectivity index (χ4n) is 6.14. The molecule has 1 saturated heterocycles. The van der Waals surface area contributed by atoms with Gasteiger partial charge in [0.15, 0.2) is 6.29 Å². The first-order valence-corrected chi connectivity index (χ1v) is 8.73. The lowest BCUT2D eigenvalue weighted by molar-refractivity contribution is -0.329. The van der Waals surface area contributed by atoms with Crippen molar-refractivity contribution in [2.24, 2.45) is 28.6 Å². The molecule has 0 radical (unpaired) electrons. The van der Waals surface area contributed by atoms with Gasteiger partial charge in [0.25, 0.3) is 0 Å². The normalized spacial score (nSPS) is 52.7. The molecule has 0 amide bonds. The molecule has 2 aliphatic carbocycles. The Bertz CT molecular complexity index is 534. The second kappa shape index (κ2) is 5.40. The van der Waals surface area contributed by atoms with Crippen LogP contribution in [-0.4, -0.2) is 54.0 Å². The van der Waals surface area contributed by atoms with Crippen LogP contribution in [0, 0.1) is 28.6 Å². The number of carbonyl (C=O) groups excluding carboxylic acids is 1. The largest absolute Gasteiger partial charge is 0.462 e. The summed E-state index contributed by atoms with van der Waals surface area (Å²) in [5.41, 5.74) is -2.69. The highest BCUT2D eigenvalue weighted by molar-refractivity contribution is 5.66. The summed E-state index contributed by atoms with van der Waals surface area (Å²) in [5, 5.41) is 23.1. The predicted molar refractivity (Wildman–Crippen MR) is 85.9 cm³/mol. The number of hydrogen-bond acceptors (Lipinski definition) is 6. The topological polar surface area (TPSA) is 85.2 Å². The maximum Gasteiger partial charge on any atom is 0.302 e. The molecular weight excluding hydrogens is 312 g/mol. The summed E-state index contributed by atoms with van der Waals surface area (Å²) in [4.78, 5) is 11.6. The van der Waals surface area contributed by atoms with Crippen molar-refractivity contribution in [2.75, 3.05) is 13.7 Å². The maximum absolute atomic E-state index is 12.0. The molecule has 0 aromatic carbocycles. The van der Waals surface area contributed by atoms with Gasteiger partial charge in [0, 0.05) is 36.7 Å². The maximum atomic E-state index is 12.0. The molecule has 0 aromatic rings. The summed E-state index contributed by atoms with van der Waals surface area (Å²) >= 11 is 0. The zero-order chi connectivity index (χ0) is 18.1. The molecule has 3 aliphatic rings. The molecule has 2 saturated carbocycles. The van der Waals surface area contributed by atoms with E-state index in [2.05, 4.69) is 0 Å². The SMILES string of the molecule is CO[C@H]1OC[C@@]2(C)[C@H](O)C(C)(C)[C@@H]3[C@@H](OC(C)=O)C[C@@H](C)[C@H]1[C@@]32O. The molecule has 2 N–H and O–H groups in total. The Kier molecular flexibility index (Phi) is 4.08. The minimum Gasteiger partial charge on any atom is -0.462 e. The Morgan fingerprint density at radius 2 is 1.92 bits per heavy atom. The molecule has 0 spiro atoms. The highest BCUT2D eigenvalue weighted by Gasteiger charge is 2.78. The van der Waals surface area contributed by atoms with Crippen molar-refractivity contribution in [1.82, 2.24) is 0 Å². The van der Waals surface area contributed by atoms with Crippen molar-refractivity contribution in [2.45, 2.75) is 65.1 Å². The smallest absolute Gasteiger partial charge is 0.302 e. The van der Waals surface area contributed by atoms with Crippen LogP contribution in [0.3, 0.4) is 0 Å². The average molecular weight is 342 g/mol. The van der Waals surface area contributed by atoms with Crippen molar-refractivity contribution in [3.8, 4) is 0 Å². The van der Waals surface area contributed by atoms with Crippen LogP contribution in [0.4, 0.5) is 0 Å². The van der Waals surface area contributed by atoms with E-state index in [9.17, 15) is 15.0 Å². The molecular formula is C18H30O6. The Labute approximate surface area is 143 Å². The third-order valence-electron chi connectivity index (χ3n) is 6.99. The minimum atomic E-state index is -1.23. The minimum absolute atomic E-state index is 0.0290. The number of aliphatic hydroxyl groups is 2. The summed E-state index contributed by atoms with van der Waals surface area (Å²) in [6, 6.07) is 0. The number of aliphatic hydroxyl groups excluding tert-OH is 1. The first kappa shape index (κ1) is 18.1. The van der Waals surface area contributed by atoms with E-state index in [4.69, 9.17) is 14.2 Å². The van der Waals surface area contributed by atoms with E-state index < -0.39 is 34.9 Å². The van der Waals surface area contributed by atoms with Crippen molar-refractivity contribution >= 4 is 5.97 Å². The van der Waals surface area contributed by atoms with E-state index in [1.54, 1.807) is 7.11 Å². The molecule has 3 rings (SSSR count). The molecule has 6 nitrogen and oxygen atoms in total. The second-order valence-electron chi connectivity index (χ2n) is 8.75. The van der Waals surface area contributed by atoms with Crippen LogP contribution in [0.1, 0.15) is 41.0 Å². The van der Waals surface area contributed by atoms with Crippen LogP contribution in [-0.2, 0) is 19.0 Å². The zero-order valence-electron chi connectivity index (χ0n) is 15.4. The van der Waals surface area contributed by atoms with E-state index in [-0.39, 0.29) is 30.3 Å². The summed E-state index contributed by atoms with van der Waals surface area (Å²) in [6.07, 6.45) is -1.11. The Morgan fingerprint density at radius 3 is 2.46 bits per heavy atom. The van der Waals surface area contributed by atoms with E-state index in [0.717, 1.165) is 0 Å². The Hall–Kier alpha value is -0.690. The van der Waals surface area contributed by atoms with Crippen molar-refractivity contribution in [1.29, 1.82) is 0 Å². The third kappa shape index (κ3) is 2.00. The summed E-state index contributed by atoms with van der Waals surface area (Å²) < 4.78 is 17.0. The first-order valence-electron chi connectivity index (χ1n) is 8.73. The number of esters is 1. The lowest BCUT2D eigenvalue weighted by Crippen LogP contribution is -2.70. The van der Waals surface area contributed by atoms with Gasteiger partial charge in [-0.05, 0) is 12.3 Å². The van der Waals surface area contributed by atoms with E-state index in [1.165, 1.54) is 6.92 Å². The van der Waals surface area contributed by atoms with E-state index >= 15 is 0 Å². The molecule has 3 fully saturated rings. The highest BCUT2D eigenvalue weighted by atomic mass is 16.7. The van der Waals surface area contributed by atoms with Crippen molar-refractivity contribution in [3.63, 3.8) is 0 Å². The number of carbonyl (C=O) groups is 1. The molecule has 0 aromatic heterocycles. The molecule has 8 atom stereocenters. The molecule has 1 aliphatic heterocycles. The second-order valence-corrected chi connectivity index (χ2v) is 8.75. The summed E-state index contributed by atoms with van der Waals surface area (Å²) in [7, 11) is 1.58. The van der Waals surface area contributed by atoms with E-state index in [1.807, 2.05) is 27.7 Å². The molecule has 0 bridgehead atoms. The van der Waals surface area contributed by atoms with Gasteiger partial charge in [-0.1, -0.05) is 27.7 Å². The van der Waals surface area contributed by atoms with Gasteiger partial charge in [-0.2, -0.15) is 0 Å². The van der Waals surface area contributed by atoms with Gasteiger partial charge < -0.3 is 24.4 Å². The third-order valence-corrected chi connectivity index (χ3v) is 6.99. The number of rotatable bonds is 2. The van der Waals surface area contributed by atoms with Gasteiger partial charge in [0.1, 0.15) is 6.10 Å². The fourth-order valence-corrected chi connectivity index (χ4v) is 6.14. The Balaban J connectivity index is 2.16. The molecule has 138 valence electrons. The highest BCUT2D eigenvalue weighted by Crippen LogP contribution is 2.69. The van der Waals surface area contributed by atoms with Crippen LogP contribution < -0.4 is 0 Å². The first-order chi connectivity index (χ1) is 11.0. The van der Waals surface area contributed by atoms with Gasteiger partial charge in [0.05, 0.1) is 18.3 Å². The van der Waals surface area contributed by atoms with Crippen LogP contribution in [0.2, 0.25) is 0 Å². The predicted octanol–water partition coefficient (Wildman–Crippen LogP) is 1.33. The average Bonchev–Trinajstić information content (AvgIpc) is 2.58. The molecule has 0 unspecified atom stereocenters. The van der Waals surface area contributed by atoms with Crippen LogP contribution in [0.15, 0.2) is 0 Å². The van der Waals surface area contributed by atoms with Crippen LogP contribution in [0.25, 0.3) is 0 Å². The number of ether oxygens (including phenoxy) is 3. The lowest BCUT2D eigenvalue weighted by Gasteiger charge is -2.59. The summed E-state index contributed by atoms with van der Waals surface area (Å²) in [6.45, 7) is 9.37. The van der Waals surface area contributed by atoms with Gasteiger partial charge in [-0.25, -0.2) is 0 Å². The summed E-state index contributed by atoms with van der Waals surface area (Å²) in [5.74, 6) is -0.990. The van der Waals surface area contributed by atoms with Crippen LogP contribution in [0.5, 0.6) is 0 Å². The molecule has 24 heavy (non-hydrogen) atoms. The number of hydrogen-bond donors (Lipinski definition) is 2. The number of methoxy groups -OCH3 is 1. The van der Waals surface area contributed by atoms with Gasteiger partial charge >= 0.3 is 5.97 Å². The zero-order valence-corrected chi connectivity index (χ0v) is 15.4. The van der Waals surface area contributed by atoms with Crippen molar-refractivity contribution < 1.29 is 29.2 Å². The Morgan fingerprint density at radius 1 is 1.29 bits per heavy atom. The molecule has 6 heteroatoms. The van der Waals surface area contributed by atoms with Gasteiger partial charge in [0.2, 0.25) is 0 Å². The fraction of sp³-hybridized carbons (Fsp3) is 0.944. The van der Waals surface area contributed by atoms with Gasteiger partial charge in [-0.15, -0.1) is 0 Å². The van der Waals surface area contributed by atoms with Gasteiger partial charge in [-0.3, -0.25) is 4.79 Å². The lowest BCUT2D eigenvalue weighted by atomic mass is 9.54. The molecule has 1 heterocycles. The van der Waals surface area contributed by atoms with Crippen LogP contribution >= 0.6 is 0 Å².